The van der Waals surface area contributed by atoms with Gasteiger partial charge in [0.25, 0.3) is 0 Å². The third-order valence-electron chi connectivity index (χ3n) is 3.63. The minimum Gasteiger partial charge on any atom is -0.367 e. The van der Waals surface area contributed by atoms with Crippen molar-refractivity contribution in [2.24, 2.45) is 0 Å². The number of likely N-dealkylation sites (tertiary alicyclic amines) is 1. The van der Waals surface area contributed by atoms with Crippen molar-refractivity contribution in [1.82, 2.24) is 14.9 Å². The van der Waals surface area contributed by atoms with Gasteiger partial charge in [-0.2, -0.15) is 13.2 Å². The maximum absolute atomic E-state index is 12.1. The zero-order valence-electron chi connectivity index (χ0n) is 12.4. The van der Waals surface area contributed by atoms with Gasteiger partial charge in [-0.1, -0.05) is 0 Å². The summed E-state index contributed by atoms with van der Waals surface area (Å²) in [5, 5.41) is 3.27. The molecule has 5 nitrogen and oxygen atoms in total. The van der Waals surface area contributed by atoms with Gasteiger partial charge in [0.2, 0.25) is 5.91 Å². The second-order valence-corrected chi connectivity index (χ2v) is 5.46. The van der Waals surface area contributed by atoms with E-state index in [4.69, 9.17) is 0 Å². The van der Waals surface area contributed by atoms with Crippen LogP contribution in [0.25, 0.3) is 0 Å². The number of carbonyl (C=O) groups excluding carboxylic acids is 1. The van der Waals surface area contributed by atoms with Gasteiger partial charge >= 0.3 is 6.18 Å². The summed E-state index contributed by atoms with van der Waals surface area (Å²) < 4.78 is 36.4. The van der Waals surface area contributed by atoms with Crippen LogP contribution in [0.2, 0.25) is 0 Å². The second kappa shape index (κ2) is 6.93. The van der Waals surface area contributed by atoms with Crippen LogP contribution in [0.15, 0.2) is 12.4 Å². The predicted octanol–water partition coefficient (Wildman–Crippen LogP) is 2.53. The molecule has 0 unspecified atom stereocenters. The molecule has 0 saturated carbocycles. The van der Waals surface area contributed by atoms with E-state index in [-0.39, 0.29) is 6.04 Å². The molecule has 1 aromatic rings. The smallest absolute Gasteiger partial charge is 0.367 e. The van der Waals surface area contributed by atoms with Gasteiger partial charge in [0.15, 0.2) is 0 Å². The molecule has 22 heavy (non-hydrogen) atoms. The highest BCUT2D eigenvalue weighted by atomic mass is 19.4. The Morgan fingerprint density at radius 2 is 2.05 bits per heavy atom. The predicted molar refractivity (Wildman–Crippen MR) is 75.3 cm³/mol. The molecule has 0 spiro atoms. The first-order valence-corrected chi connectivity index (χ1v) is 7.23. The van der Waals surface area contributed by atoms with Gasteiger partial charge in [-0.25, -0.2) is 9.97 Å². The Kier molecular flexibility index (Phi) is 5.20. The lowest BCUT2D eigenvalue weighted by atomic mass is 10.0. The van der Waals surface area contributed by atoms with E-state index < -0.39 is 24.9 Å². The fourth-order valence-corrected chi connectivity index (χ4v) is 2.42. The Morgan fingerprint density at radius 1 is 1.36 bits per heavy atom. The number of piperidine rings is 1. The number of amides is 1. The van der Waals surface area contributed by atoms with Crippen LogP contribution in [0.5, 0.6) is 0 Å². The van der Waals surface area contributed by atoms with Crippen molar-refractivity contribution in [3.8, 4) is 0 Å². The fourth-order valence-electron chi connectivity index (χ4n) is 2.42. The van der Waals surface area contributed by atoms with Gasteiger partial charge in [-0.3, -0.25) is 4.79 Å². The molecule has 1 aliphatic rings. The van der Waals surface area contributed by atoms with Crippen molar-refractivity contribution < 1.29 is 18.0 Å². The van der Waals surface area contributed by atoms with Crippen molar-refractivity contribution in [2.75, 3.05) is 18.4 Å². The van der Waals surface area contributed by atoms with Gasteiger partial charge in [0, 0.05) is 37.3 Å². The van der Waals surface area contributed by atoms with Gasteiger partial charge in [-0.15, -0.1) is 0 Å². The zero-order chi connectivity index (χ0) is 16.2. The average Bonchev–Trinajstić information content (AvgIpc) is 2.45. The summed E-state index contributed by atoms with van der Waals surface area (Å²) in [7, 11) is 0. The number of halogens is 3. The number of carbonyl (C=O) groups is 1. The maximum atomic E-state index is 12.1. The summed E-state index contributed by atoms with van der Waals surface area (Å²) in [6, 6.07) is 2.00. The quantitative estimate of drug-likeness (QED) is 0.927. The molecule has 2 rings (SSSR count). The van der Waals surface area contributed by atoms with E-state index in [1.54, 1.807) is 0 Å². The van der Waals surface area contributed by atoms with Gasteiger partial charge in [0.1, 0.15) is 12.1 Å². The third kappa shape index (κ3) is 5.16. The molecule has 1 fully saturated rings. The van der Waals surface area contributed by atoms with E-state index in [9.17, 15) is 18.0 Å². The molecule has 122 valence electrons. The molecule has 1 N–H and O–H groups in total. The largest absolute Gasteiger partial charge is 0.389 e. The molecule has 1 saturated heterocycles. The number of rotatable bonds is 4. The minimum absolute atomic E-state index is 0.168. The van der Waals surface area contributed by atoms with Crippen LogP contribution in [0, 0.1) is 6.92 Å². The van der Waals surface area contributed by atoms with E-state index in [1.165, 1.54) is 11.2 Å². The zero-order valence-corrected chi connectivity index (χ0v) is 12.4. The Morgan fingerprint density at radius 3 is 2.64 bits per heavy atom. The molecule has 1 aromatic heterocycles. The van der Waals surface area contributed by atoms with Crippen LogP contribution in [0.4, 0.5) is 19.0 Å². The van der Waals surface area contributed by atoms with Gasteiger partial charge in [0.05, 0.1) is 6.42 Å². The SMILES string of the molecule is Cc1cc(NC2CCN(C(=O)CCC(F)(F)F)CC2)ncn1. The lowest BCUT2D eigenvalue weighted by Crippen LogP contribution is -2.42. The molecule has 0 atom stereocenters. The Balaban J connectivity index is 1.77. The number of aryl methyl sites for hydroxylation is 1. The standard InChI is InChI=1S/C14H19F3N4O/c1-10-8-12(19-9-18-10)20-11-3-6-21(7-4-11)13(22)2-5-14(15,16)17/h8-9,11H,2-7H2,1H3,(H,18,19,20). The summed E-state index contributed by atoms with van der Waals surface area (Å²) in [4.78, 5) is 21.4. The normalized spacial score (nSPS) is 16.6. The minimum atomic E-state index is -4.28. The lowest BCUT2D eigenvalue weighted by Gasteiger charge is -2.32. The Bertz CT molecular complexity index is 513. The Hall–Kier alpha value is -1.86. The average molecular weight is 316 g/mol. The van der Waals surface area contributed by atoms with Crippen LogP contribution in [-0.2, 0) is 4.79 Å². The molecule has 1 amide bonds. The molecule has 0 bridgehead atoms. The van der Waals surface area contributed by atoms with Crippen molar-refractivity contribution in [2.45, 2.75) is 44.8 Å². The van der Waals surface area contributed by atoms with Gasteiger partial charge < -0.3 is 10.2 Å². The van der Waals surface area contributed by atoms with Crippen molar-refractivity contribution in [3.05, 3.63) is 18.1 Å². The first kappa shape index (κ1) is 16.5. The number of anilines is 1. The molecular weight excluding hydrogens is 297 g/mol. The molecule has 0 aliphatic carbocycles. The summed E-state index contributed by atoms with van der Waals surface area (Å²) in [5.41, 5.74) is 0.859. The van der Waals surface area contributed by atoms with E-state index >= 15 is 0 Å². The van der Waals surface area contributed by atoms with Crippen LogP contribution >= 0.6 is 0 Å². The number of aromatic nitrogens is 2. The molecule has 0 radical (unpaired) electrons. The highest BCUT2D eigenvalue weighted by molar-refractivity contribution is 5.76. The van der Waals surface area contributed by atoms with Crippen LogP contribution in [-0.4, -0.2) is 46.1 Å². The first-order chi connectivity index (χ1) is 10.3. The van der Waals surface area contributed by atoms with Crippen molar-refractivity contribution in [3.63, 3.8) is 0 Å². The van der Waals surface area contributed by atoms with E-state index in [0.29, 0.717) is 25.9 Å². The lowest BCUT2D eigenvalue weighted by molar-refractivity contribution is -0.149. The molecule has 0 aromatic carbocycles. The summed E-state index contributed by atoms with van der Waals surface area (Å²) >= 11 is 0. The number of hydrogen-bond acceptors (Lipinski definition) is 4. The van der Waals surface area contributed by atoms with E-state index in [2.05, 4.69) is 15.3 Å². The number of nitrogens with one attached hydrogen (secondary N) is 1. The second-order valence-electron chi connectivity index (χ2n) is 5.46. The fraction of sp³-hybridized carbons (Fsp3) is 0.643. The van der Waals surface area contributed by atoms with E-state index in [1.807, 2.05) is 13.0 Å². The van der Waals surface area contributed by atoms with Crippen LogP contribution < -0.4 is 5.32 Å². The van der Waals surface area contributed by atoms with E-state index in [0.717, 1.165) is 11.5 Å². The number of alkyl halides is 3. The first-order valence-electron chi connectivity index (χ1n) is 7.23. The van der Waals surface area contributed by atoms with Crippen molar-refractivity contribution in [1.29, 1.82) is 0 Å². The van der Waals surface area contributed by atoms with Gasteiger partial charge in [-0.05, 0) is 19.8 Å². The summed E-state index contributed by atoms with van der Waals surface area (Å²) in [6.07, 6.45) is -2.92. The molecule has 1 aliphatic heterocycles. The number of hydrogen-bond donors (Lipinski definition) is 1. The number of nitrogens with zero attached hydrogens (tertiary/aromatic N) is 3. The monoisotopic (exact) mass is 316 g/mol. The summed E-state index contributed by atoms with van der Waals surface area (Å²) in [5.74, 6) is 0.308. The third-order valence-corrected chi connectivity index (χ3v) is 3.63. The molecule has 8 heteroatoms. The molecular formula is C14H19F3N4O. The van der Waals surface area contributed by atoms with Crippen LogP contribution in [0.3, 0.4) is 0 Å². The van der Waals surface area contributed by atoms with Crippen molar-refractivity contribution >= 4 is 11.7 Å². The maximum Gasteiger partial charge on any atom is 0.389 e. The topological polar surface area (TPSA) is 58.1 Å². The Labute approximate surface area is 126 Å². The highest BCUT2D eigenvalue weighted by Gasteiger charge is 2.30. The highest BCUT2D eigenvalue weighted by Crippen LogP contribution is 2.23. The van der Waals surface area contributed by atoms with Crippen LogP contribution in [0.1, 0.15) is 31.4 Å². The summed E-state index contributed by atoms with van der Waals surface area (Å²) in [6.45, 7) is 2.81. The molecule has 2 heterocycles.